The third-order valence-corrected chi connectivity index (χ3v) is 6.31. The lowest BCUT2D eigenvalue weighted by atomic mass is 10.2. The predicted octanol–water partition coefficient (Wildman–Crippen LogP) is 3.82. The normalized spacial score (nSPS) is 11.4. The van der Waals surface area contributed by atoms with Crippen molar-refractivity contribution in [2.45, 2.75) is 38.5 Å². The molecule has 0 aliphatic carbocycles. The van der Waals surface area contributed by atoms with E-state index in [4.69, 9.17) is 4.74 Å². The average molecular weight is 405 g/mol. The van der Waals surface area contributed by atoms with E-state index >= 15 is 0 Å². The molecule has 2 aromatic carbocycles. The van der Waals surface area contributed by atoms with E-state index in [-0.39, 0.29) is 10.8 Å². The van der Waals surface area contributed by atoms with Crippen molar-refractivity contribution < 1.29 is 17.9 Å². The van der Waals surface area contributed by atoms with Gasteiger partial charge in [0, 0.05) is 25.2 Å². The number of aryl methyl sites for hydroxylation is 1. The van der Waals surface area contributed by atoms with Crippen molar-refractivity contribution in [2.75, 3.05) is 25.0 Å². The zero-order chi connectivity index (χ0) is 20.6. The number of anilines is 1. The van der Waals surface area contributed by atoms with Crippen LogP contribution in [0.15, 0.2) is 53.4 Å². The number of nitrogens with one attached hydrogen (secondary N) is 1. The molecule has 28 heavy (non-hydrogen) atoms. The second kappa shape index (κ2) is 10.2. The fraction of sp³-hybridized carbons (Fsp3) is 0.381. The molecule has 0 unspecified atom stereocenters. The van der Waals surface area contributed by atoms with Crippen LogP contribution in [0.5, 0.6) is 5.75 Å². The number of nitrogens with zero attached hydrogens (tertiary/aromatic N) is 1. The number of carbonyl (C=O) groups is 1. The Morgan fingerprint density at radius 2 is 1.79 bits per heavy atom. The molecule has 152 valence electrons. The van der Waals surface area contributed by atoms with Crippen LogP contribution in [-0.2, 0) is 14.8 Å². The van der Waals surface area contributed by atoms with Crippen LogP contribution in [0.2, 0.25) is 0 Å². The fourth-order valence-electron chi connectivity index (χ4n) is 2.80. The molecule has 0 aromatic heterocycles. The zero-order valence-electron chi connectivity index (χ0n) is 16.6. The van der Waals surface area contributed by atoms with E-state index in [1.165, 1.54) is 10.4 Å². The third-order valence-electron chi connectivity index (χ3n) is 4.27. The minimum atomic E-state index is -3.55. The van der Waals surface area contributed by atoms with Gasteiger partial charge in [-0.1, -0.05) is 32.0 Å². The molecule has 0 bridgehead atoms. The molecular weight excluding hydrogens is 376 g/mol. The molecule has 1 amide bonds. The maximum atomic E-state index is 12.6. The summed E-state index contributed by atoms with van der Waals surface area (Å²) < 4.78 is 32.2. The van der Waals surface area contributed by atoms with E-state index in [0.29, 0.717) is 38.2 Å². The zero-order valence-corrected chi connectivity index (χ0v) is 17.5. The van der Waals surface area contributed by atoms with E-state index in [1.54, 1.807) is 32.0 Å². The van der Waals surface area contributed by atoms with Gasteiger partial charge in [-0.2, -0.15) is 4.31 Å². The molecule has 0 saturated carbocycles. The number of rotatable bonds is 10. The minimum Gasteiger partial charge on any atom is -0.494 e. The molecule has 7 heteroatoms. The summed E-state index contributed by atoms with van der Waals surface area (Å²) in [4.78, 5) is 12.3. The van der Waals surface area contributed by atoms with Crippen molar-refractivity contribution in [2.24, 2.45) is 0 Å². The highest BCUT2D eigenvalue weighted by molar-refractivity contribution is 7.89. The SMILES string of the molecule is CCN(CC)S(=O)(=O)c1cccc(NC(=O)CCCOc2cccc(C)c2)c1. The van der Waals surface area contributed by atoms with Gasteiger partial charge < -0.3 is 10.1 Å². The van der Waals surface area contributed by atoms with Crippen molar-refractivity contribution in [3.63, 3.8) is 0 Å². The lowest BCUT2D eigenvalue weighted by Crippen LogP contribution is -2.30. The molecule has 0 heterocycles. The minimum absolute atomic E-state index is 0.176. The first-order valence-corrected chi connectivity index (χ1v) is 10.9. The molecular formula is C21H28N2O4S. The van der Waals surface area contributed by atoms with Crippen LogP contribution < -0.4 is 10.1 Å². The quantitative estimate of drug-likeness (QED) is 0.611. The van der Waals surface area contributed by atoms with Crippen molar-refractivity contribution >= 4 is 21.6 Å². The van der Waals surface area contributed by atoms with Crippen molar-refractivity contribution in [1.82, 2.24) is 4.31 Å². The topological polar surface area (TPSA) is 75.7 Å². The van der Waals surface area contributed by atoms with Crippen LogP contribution in [0.25, 0.3) is 0 Å². The van der Waals surface area contributed by atoms with Crippen molar-refractivity contribution in [3.05, 3.63) is 54.1 Å². The Hall–Kier alpha value is -2.38. The van der Waals surface area contributed by atoms with Crippen LogP contribution in [0, 0.1) is 6.92 Å². The van der Waals surface area contributed by atoms with Gasteiger partial charge in [0.1, 0.15) is 5.75 Å². The predicted molar refractivity (Wildman–Crippen MR) is 111 cm³/mol. The molecule has 0 spiro atoms. The van der Waals surface area contributed by atoms with Gasteiger partial charge in [0.2, 0.25) is 15.9 Å². The number of benzene rings is 2. The van der Waals surface area contributed by atoms with Crippen LogP contribution in [-0.4, -0.2) is 38.3 Å². The van der Waals surface area contributed by atoms with E-state index in [0.717, 1.165) is 11.3 Å². The first-order chi connectivity index (χ1) is 13.4. The van der Waals surface area contributed by atoms with Crippen LogP contribution in [0.1, 0.15) is 32.3 Å². The lowest BCUT2D eigenvalue weighted by molar-refractivity contribution is -0.116. The number of hydrogen-bond acceptors (Lipinski definition) is 4. The van der Waals surface area contributed by atoms with Crippen molar-refractivity contribution in [3.8, 4) is 5.75 Å². The molecule has 0 aliphatic rings. The van der Waals surface area contributed by atoms with Gasteiger partial charge in [-0.3, -0.25) is 4.79 Å². The Kier molecular flexibility index (Phi) is 8.02. The van der Waals surface area contributed by atoms with Crippen LogP contribution in [0.3, 0.4) is 0 Å². The van der Waals surface area contributed by atoms with E-state index in [2.05, 4.69) is 5.32 Å². The fourth-order valence-corrected chi connectivity index (χ4v) is 4.30. The summed E-state index contributed by atoms with van der Waals surface area (Å²) in [5.41, 5.74) is 1.59. The van der Waals surface area contributed by atoms with Gasteiger partial charge in [0.05, 0.1) is 11.5 Å². The maximum absolute atomic E-state index is 12.6. The Labute approximate surface area is 167 Å². The first kappa shape index (κ1) is 21.9. The van der Waals surface area contributed by atoms with Gasteiger partial charge in [0.25, 0.3) is 0 Å². The molecule has 6 nitrogen and oxygen atoms in total. The number of sulfonamides is 1. The van der Waals surface area contributed by atoms with E-state index in [9.17, 15) is 13.2 Å². The Balaban J connectivity index is 1.88. The highest BCUT2D eigenvalue weighted by Crippen LogP contribution is 2.20. The molecule has 2 rings (SSSR count). The van der Waals surface area contributed by atoms with Crippen LogP contribution in [0.4, 0.5) is 5.69 Å². The van der Waals surface area contributed by atoms with Gasteiger partial charge >= 0.3 is 0 Å². The molecule has 0 saturated heterocycles. The highest BCUT2D eigenvalue weighted by atomic mass is 32.2. The Morgan fingerprint density at radius 3 is 2.46 bits per heavy atom. The Bertz CT molecular complexity index is 893. The van der Waals surface area contributed by atoms with Gasteiger partial charge in [0.15, 0.2) is 0 Å². The molecule has 0 fully saturated rings. The largest absolute Gasteiger partial charge is 0.494 e. The number of hydrogen-bond donors (Lipinski definition) is 1. The van der Waals surface area contributed by atoms with Crippen LogP contribution >= 0.6 is 0 Å². The standard InChI is InChI=1S/C21H28N2O4S/c1-4-23(5-2)28(25,26)20-12-7-10-18(16-20)22-21(24)13-8-14-27-19-11-6-9-17(3)15-19/h6-7,9-12,15-16H,4-5,8,13-14H2,1-3H3,(H,22,24). The Morgan fingerprint density at radius 1 is 1.07 bits per heavy atom. The number of ether oxygens (including phenoxy) is 1. The summed E-state index contributed by atoms with van der Waals surface area (Å²) in [5.74, 6) is 0.611. The molecule has 0 atom stereocenters. The first-order valence-electron chi connectivity index (χ1n) is 9.46. The lowest BCUT2D eigenvalue weighted by Gasteiger charge is -2.18. The second-order valence-corrected chi connectivity index (χ2v) is 8.37. The van der Waals surface area contributed by atoms with Gasteiger partial charge in [-0.25, -0.2) is 8.42 Å². The molecule has 1 N–H and O–H groups in total. The van der Waals surface area contributed by atoms with E-state index < -0.39 is 10.0 Å². The summed E-state index contributed by atoms with van der Waals surface area (Å²) in [5, 5.41) is 2.76. The van der Waals surface area contributed by atoms with Gasteiger partial charge in [-0.05, 0) is 49.2 Å². The summed E-state index contributed by atoms with van der Waals surface area (Å²) in [7, 11) is -3.55. The summed E-state index contributed by atoms with van der Waals surface area (Å²) in [6.45, 7) is 6.83. The maximum Gasteiger partial charge on any atom is 0.243 e. The summed E-state index contributed by atoms with van der Waals surface area (Å²) in [6, 6.07) is 14.1. The molecule has 0 aliphatic heterocycles. The molecule has 2 aromatic rings. The van der Waals surface area contributed by atoms with Crippen molar-refractivity contribution in [1.29, 1.82) is 0 Å². The number of amides is 1. The van der Waals surface area contributed by atoms with E-state index in [1.807, 2.05) is 31.2 Å². The average Bonchev–Trinajstić information content (AvgIpc) is 2.66. The summed E-state index contributed by atoms with van der Waals surface area (Å²) in [6.07, 6.45) is 0.857. The second-order valence-electron chi connectivity index (χ2n) is 6.43. The monoisotopic (exact) mass is 404 g/mol. The third kappa shape index (κ3) is 6.07. The smallest absolute Gasteiger partial charge is 0.243 e. The molecule has 0 radical (unpaired) electrons. The highest BCUT2D eigenvalue weighted by Gasteiger charge is 2.21. The summed E-state index contributed by atoms with van der Waals surface area (Å²) >= 11 is 0. The van der Waals surface area contributed by atoms with Gasteiger partial charge in [-0.15, -0.1) is 0 Å². The number of carbonyl (C=O) groups excluding carboxylic acids is 1.